The highest BCUT2D eigenvalue weighted by molar-refractivity contribution is 7.90. The van der Waals surface area contributed by atoms with Crippen LogP contribution in [-0.4, -0.2) is 34.7 Å². The van der Waals surface area contributed by atoms with Crippen LogP contribution in [0.15, 0.2) is 96.2 Å². The van der Waals surface area contributed by atoms with Crippen LogP contribution in [0.3, 0.4) is 0 Å². The van der Waals surface area contributed by atoms with Crippen LogP contribution in [-0.2, 0) is 16.4 Å². The van der Waals surface area contributed by atoms with Gasteiger partial charge in [-0.05, 0) is 42.7 Å². The van der Waals surface area contributed by atoms with Gasteiger partial charge in [-0.15, -0.1) is 0 Å². The fourth-order valence-corrected chi connectivity index (χ4v) is 4.95. The first-order valence-electron chi connectivity index (χ1n) is 10.9. The maximum absolute atomic E-state index is 12.9. The lowest BCUT2D eigenvalue weighted by Gasteiger charge is -2.21. The number of aryl methyl sites for hydroxylation is 1. The molecule has 4 rings (SSSR count). The molecule has 1 atom stereocenters. The van der Waals surface area contributed by atoms with Gasteiger partial charge in [0.05, 0.1) is 10.9 Å². The molecule has 10 nitrogen and oxygen atoms in total. The van der Waals surface area contributed by atoms with Crippen molar-refractivity contribution in [2.75, 3.05) is 0 Å². The quantitative estimate of drug-likeness (QED) is 0.210. The molecule has 1 heterocycles. The van der Waals surface area contributed by atoms with Gasteiger partial charge in [-0.3, -0.25) is 0 Å². The van der Waals surface area contributed by atoms with Gasteiger partial charge in [0.25, 0.3) is 10.0 Å². The topological polar surface area (TPSA) is 161 Å². The third-order valence-corrected chi connectivity index (χ3v) is 6.99. The number of imidazole rings is 1. The van der Waals surface area contributed by atoms with Crippen molar-refractivity contribution in [1.29, 1.82) is 0 Å². The van der Waals surface area contributed by atoms with E-state index in [0.29, 0.717) is 23.5 Å². The number of urea groups is 1. The Kier molecular flexibility index (Phi) is 8.56. The van der Waals surface area contributed by atoms with Crippen LogP contribution in [0.5, 0.6) is 0 Å². The number of hydrogen-bond donors (Lipinski definition) is 4. The second-order valence-corrected chi connectivity index (χ2v) is 9.61. The molecule has 188 valence electrons. The van der Waals surface area contributed by atoms with Gasteiger partial charge in [0.15, 0.2) is 5.69 Å². The summed E-state index contributed by atoms with van der Waals surface area (Å²) < 4.78 is 29.6. The number of nitrogens with two attached hydrogens (primary N) is 1. The Morgan fingerprint density at radius 1 is 1.03 bits per heavy atom. The maximum atomic E-state index is 12.9. The summed E-state index contributed by atoms with van der Waals surface area (Å²) in [4.78, 5) is 17.4. The normalized spacial score (nSPS) is 11.8. The number of quaternary nitrogens is 1. The molecule has 3 aromatic carbocycles. The zero-order chi connectivity index (χ0) is 24.8. The molecule has 0 fully saturated rings. The van der Waals surface area contributed by atoms with Crippen LogP contribution in [0.25, 0.3) is 5.69 Å². The fourth-order valence-electron chi connectivity index (χ4n) is 3.79. The first kappa shape index (κ1) is 26.6. The van der Waals surface area contributed by atoms with Crippen molar-refractivity contribution in [2.24, 2.45) is 0 Å². The summed E-state index contributed by atoms with van der Waals surface area (Å²) in [7, 11) is -4.06. The first-order valence-corrected chi connectivity index (χ1v) is 12.4. The number of hydrogen-bond acceptors (Lipinski definition) is 5. The van der Waals surface area contributed by atoms with Crippen LogP contribution >= 0.6 is 0 Å². The molecule has 2 amide bonds. The number of carbonyl (C=O) groups is 1. The van der Waals surface area contributed by atoms with E-state index in [1.165, 1.54) is 6.07 Å². The van der Waals surface area contributed by atoms with Crippen molar-refractivity contribution in [1.82, 2.24) is 19.6 Å². The van der Waals surface area contributed by atoms with Gasteiger partial charge in [-0.2, -0.15) is 5.48 Å². The molecule has 0 saturated heterocycles. The number of nitrogens with one attached hydrogen (secondary N) is 2. The summed E-state index contributed by atoms with van der Waals surface area (Å²) in [5.74, 6) is 0.526. The minimum absolute atomic E-state index is 0. The lowest BCUT2D eigenvalue weighted by molar-refractivity contribution is -0.825. The summed E-state index contributed by atoms with van der Waals surface area (Å²) in [6, 6.07) is 21.6. The van der Waals surface area contributed by atoms with Crippen LogP contribution < -0.4 is 15.5 Å². The van der Waals surface area contributed by atoms with Crippen LogP contribution in [0, 0.1) is 6.92 Å². The summed E-state index contributed by atoms with van der Waals surface area (Å²) in [5, 5.41) is 12.0. The second kappa shape index (κ2) is 11.6. The van der Waals surface area contributed by atoms with Gasteiger partial charge in [0, 0.05) is 30.2 Å². The molecular weight excluding hydrogens is 482 g/mol. The zero-order valence-electron chi connectivity index (χ0n) is 19.5. The molecule has 4 aromatic rings. The number of rotatable bonds is 8. The minimum atomic E-state index is -4.06. The van der Waals surface area contributed by atoms with Crippen molar-refractivity contribution in [3.63, 3.8) is 0 Å². The molecule has 0 saturated carbocycles. The smallest absolute Gasteiger partial charge is 0.329 e. The molecule has 0 radical (unpaired) electrons. The number of sulfonamides is 1. The SMILES string of the molecule is Cc1ccccc1S(=O)(=O)NC(=O)N[C@@H](Cc1ccccc1)c1nccn1-c1ccc([NH2+]O)cc1.O. The third kappa shape index (κ3) is 6.15. The van der Waals surface area contributed by atoms with Gasteiger partial charge in [-0.1, -0.05) is 48.5 Å². The Morgan fingerprint density at radius 2 is 1.69 bits per heavy atom. The van der Waals surface area contributed by atoms with Crippen LogP contribution in [0.2, 0.25) is 0 Å². The number of carbonyl (C=O) groups excluding carboxylic acids is 1. The van der Waals surface area contributed by atoms with E-state index < -0.39 is 22.1 Å². The number of amides is 2. The third-order valence-electron chi connectivity index (χ3n) is 5.50. The number of nitrogens with zero attached hydrogens (tertiary/aromatic N) is 2. The summed E-state index contributed by atoms with van der Waals surface area (Å²) in [6.45, 7) is 1.67. The average Bonchev–Trinajstić information content (AvgIpc) is 3.34. The van der Waals surface area contributed by atoms with E-state index >= 15 is 0 Å². The summed E-state index contributed by atoms with van der Waals surface area (Å²) >= 11 is 0. The van der Waals surface area contributed by atoms with Gasteiger partial charge >= 0.3 is 6.03 Å². The molecule has 1 aromatic heterocycles. The van der Waals surface area contributed by atoms with E-state index in [4.69, 9.17) is 0 Å². The highest BCUT2D eigenvalue weighted by Gasteiger charge is 2.25. The lowest BCUT2D eigenvalue weighted by Crippen LogP contribution is -2.73. The number of benzene rings is 3. The predicted molar refractivity (Wildman–Crippen MR) is 133 cm³/mol. The van der Waals surface area contributed by atoms with E-state index in [2.05, 4.69) is 15.0 Å². The Bertz CT molecular complexity index is 1410. The lowest BCUT2D eigenvalue weighted by atomic mass is 10.1. The Hall–Kier alpha value is -4.03. The largest absolute Gasteiger partial charge is 0.412 e. The molecule has 0 bridgehead atoms. The van der Waals surface area contributed by atoms with E-state index in [9.17, 15) is 18.4 Å². The first-order chi connectivity index (χ1) is 16.9. The van der Waals surface area contributed by atoms with Gasteiger partial charge < -0.3 is 15.4 Å². The molecule has 0 unspecified atom stereocenters. The molecule has 36 heavy (non-hydrogen) atoms. The van der Waals surface area contributed by atoms with Gasteiger partial charge in [0.2, 0.25) is 0 Å². The zero-order valence-corrected chi connectivity index (χ0v) is 20.3. The predicted octanol–water partition coefficient (Wildman–Crippen LogP) is 1.91. The van der Waals surface area contributed by atoms with E-state index in [1.807, 2.05) is 47.0 Å². The molecule has 11 heteroatoms. The van der Waals surface area contributed by atoms with Crippen molar-refractivity contribution < 1.29 is 29.4 Å². The molecule has 0 spiro atoms. The average molecular weight is 511 g/mol. The van der Waals surface area contributed by atoms with E-state index in [-0.39, 0.29) is 10.4 Å². The Balaban J connectivity index is 0.00000361. The highest BCUT2D eigenvalue weighted by atomic mass is 32.2. The maximum Gasteiger partial charge on any atom is 0.329 e. The molecule has 0 aliphatic carbocycles. The van der Waals surface area contributed by atoms with Crippen molar-refractivity contribution >= 4 is 21.7 Å². The highest BCUT2D eigenvalue weighted by Crippen LogP contribution is 2.22. The van der Waals surface area contributed by atoms with Crippen LogP contribution in [0.4, 0.5) is 10.5 Å². The molecular formula is C25H28N5O5S+. The van der Waals surface area contributed by atoms with E-state index in [1.54, 1.807) is 49.6 Å². The van der Waals surface area contributed by atoms with E-state index in [0.717, 1.165) is 16.7 Å². The molecule has 7 N–H and O–H groups in total. The standard InChI is InChI=1S/C25H25N5O4S.H2O/c1-18-7-5-6-10-23(18)35(33,34)29-25(31)27-22(17-19-8-3-2-4-9-19)24-26-15-16-30(24)21-13-11-20(28-32)12-14-21;/h2-16,22,28,32H,17H2,1H3,(H2,27,29,31);1H2/p+1/t22-;/m0./s1. The van der Waals surface area contributed by atoms with Crippen LogP contribution in [0.1, 0.15) is 23.0 Å². The summed E-state index contributed by atoms with van der Waals surface area (Å²) in [6.07, 6.45) is 3.76. The van der Waals surface area contributed by atoms with Crippen molar-refractivity contribution in [3.8, 4) is 5.69 Å². The second-order valence-electron chi connectivity index (χ2n) is 7.96. The fraction of sp³-hybridized carbons (Fsp3) is 0.120. The Labute approximate surface area is 209 Å². The summed E-state index contributed by atoms with van der Waals surface area (Å²) in [5.41, 5.74) is 3.91. The number of aromatic nitrogens is 2. The molecule has 0 aliphatic rings. The van der Waals surface area contributed by atoms with Gasteiger partial charge in [-0.25, -0.2) is 28.1 Å². The van der Waals surface area contributed by atoms with Gasteiger partial charge in [0.1, 0.15) is 5.82 Å². The van der Waals surface area contributed by atoms with Crippen molar-refractivity contribution in [2.45, 2.75) is 24.3 Å². The van der Waals surface area contributed by atoms with Crippen molar-refractivity contribution in [3.05, 3.63) is 108 Å². The monoisotopic (exact) mass is 510 g/mol. The Morgan fingerprint density at radius 3 is 2.36 bits per heavy atom. The molecule has 0 aliphatic heterocycles. The minimum Gasteiger partial charge on any atom is -0.412 e.